The van der Waals surface area contributed by atoms with E-state index in [0.717, 1.165) is 0 Å². The Labute approximate surface area is 143 Å². The van der Waals surface area contributed by atoms with Crippen molar-refractivity contribution in [3.05, 3.63) is 25.0 Å². The first kappa shape index (κ1) is 18.6. The highest BCUT2D eigenvalue weighted by Crippen LogP contribution is 2.61. The van der Waals surface area contributed by atoms with E-state index in [1.165, 1.54) is 0 Å². The molecule has 0 aliphatic heterocycles. The van der Waals surface area contributed by atoms with Gasteiger partial charge in [0.05, 0.1) is 22.2 Å². The molecule has 5 nitrogen and oxygen atoms in total. The molecule has 1 aromatic rings. The molecule has 0 spiro atoms. The number of aromatic hydroxyl groups is 1. The molecule has 0 bridgehead atoms. The van der Waals surface area contributed by atoms with E-state index in [-0.39, 0.29) is 19.0 Å². The number of rotatable bonds is 6. The SMILES string of the molecule is CCOP(=O)(OCC)[C@H](N)c1c(Br)cc(Br)c(O)c1Br. The minimum atomic E-state index is -3.53. The van der Waals surface area contributed by atoms with Gasteiger partial charge in [0, 0.05) is 10.0 Å². The average molecular weight is 496 g/mol. The third-order valence-electron chi connectivity index (χ3n) is 2.44. The monoisotopic (exact) mass is 493 g/mol. The molecular weight excluding hydrogens is 481 g/mol. The molecule has 0 aliphatic carbocycles. The minimum absolute atomic E-state index is 0.0294. The van der Waals surface area contributed by atoms with Crippen molar-refractivity contribution >= 4 is 55.4 Å². The number of phenolic OH excluding ortho intramolecular Hbond substituents is 1. The summed E-state index contributed by atoms with van der Waals surface area (Å²) in [5.41, 5.74) is 6.49. The van der Waals surface area contributed by atoms with Gasteiger partial charge in [0.2, 0.25) is 0 Å². The van der Waals surface area contributed by atoms with E-state index < -0.39 is 13.4 Å². The maximum absolute atomic E-state index is 12.7. The van der Waals surface area contributed by atoms with Gasteiger partial charge in [-0.15, -0.1) is 0 Å². The van der Waals surface area contributed by atoms with E-state index in [1.807, 2.05) is 0 Å². The molecule has 3 N–H and O–H groups in total. The largest absolute Gasteiger partial charge is 0.506 e. The molecule has 0 saturated carbocycles. The predicted molar refractivity (Wildman–Crippen MR) is 89.0 cm³/mol. The lowest BCUT2D eigenvalue weighted by Crippen LogP contribution is -2.16. The van der Waals surface area contributed by atoms with Crippen LogP contribution in [0.25, 0.3) is 0 Å². The molecule has 0 amide bonds. The second-order valence-electron chi connectivity index (χ2n) is 3.74. The first-order valence-corrected chi connectivity index (χ1v) is 9.78. The van der Waals surface area contributed by atoms with Gasteiger partial charge >= 0.3 is 7.60 Å². The van der Waals surface area contributed by atoms with Crippen LogP contribution >= 0.6 is 55.4 Å². The molecule has 1 rings (SSSR count). The van der Waals surface area contributed by atoms with Crippen LogP contribution in [0.4, 0.5) is 0 Å². The van der Waals surface area contributed by atoms with Gasteiger partial charge in [-0.25, -0.2) is 0 Å². The molecule has 0 heterocycles. The van der Waals surface area contributed by atoms with E-state index in [4.69, 9.17) is 14.8 Å². The number of nitrogens with two attached hydrogens (primary N) is 1. The van der Waals surface area contributed by atoms with E-state index in [9.17, 15) is 9.67 Å². The Balaban J connectivity index is 3.36. The normalized spacial score (nSPS) is 13.5. The van der Waals surface area contributed by atoms with Gasteiger partial charge in [0.15, 0.2) is 0 Å². The number of halogens is 3. The predicted octanol–water partition coefficient (Wildman–Crippen LogP) is 4.90. The van der Waals surface area contributed by atoms with Crippen molar-refractivity contribution in [3.8, 4) is 5.75 Å². The molecular formula is C11H15Br3NO4P. The van der Waals surface area contributed by atoms with Gasteiger partial charge in [-0.05, 0) is 51.8 Å². The third kappa shape index (κ3) is 3.85. The topological polar surface area (TPSA) is 81.8 Å². The maximum Gasteiger partial charge on any atom is 0.351 e. The van der Waals surface area contributed by atoms with Crippen LogP contribution in [0.5, 0.6) is 5.75 Å². The van der Waals surface area contributed by atoms with Gasteiger partial charge in [0.1, 0.15) is 11.5 Å². The molecule has 1 aromatic carbocycles. The summed E-state index contributed by atoms with van der Waals surface area (Å²) in [5, 5.41) is 9.94. The fourth-order valence-corrected chi connectivity index (χ4v) is 6.25. The van der Waals surface area contributed by atoms with Crippen LogP contribution in [0.15, 0.2) is 19.5 Å². The Morgan fingerprint density at radius 1 is 1.25 bits per heavy atom. The molecule has 0 fully saturated rings. The Morgan fingerprint density at radius 2 is 1.75 bits per heavy atom. The summed E-state index contributed by atoms with van der Waals surface area (Å²) >= 11 is 9.81. The van der Waals surface area contributed by atoms with Crippen LogP contribution < -0.4 is 5.73 Å². The highest BCUT2D eigenvalue weighted by Gasteiger charge is 2.37. The maximum atomic E-state index is 12.7. The lowest BCUT2D eigenvalue weighted by atomic mass is 10.2. The molecule has 0 aromatic heterocycles. The number of hydrogen-bond donors (Lipinski definition) is 2. The highest BCUT2D eigenvalue weighted by atomic mass is 79.9. The van der Waals surface area contributed by atoms with E-state index in [0.29, 0.717) is 19.0 Å². The Hall–Kier alpha value is 0.570. The summed E-state index contributed by atoms with van der Waals surface area (Å²) in [6.45, 7) is 3.84. The van der Waals surface area contributed by atoms with Crippen LogP contribution in [0.2, 0.25) is 0 Å². The van der Waals surface area contributed by atoms with Gasteiger partial charge < -0.3 is 19.9 Å². The third-order valence-corrected chi connectivity index (χ3v) is 6.67. The Kier molecular flexibility index (Phi) is 7.19. The number of benzene rings is 1. The number of phenols is 1. The van der Waals surface area contributed by atoms with E-state index in [1.54, 1.807) is 19.9 Å². The van der Waals surface area contributed by atoms with E-state index in [2.05, 4.69) is 47.8 Å². The van der Waals surface area contributed by atoms with Crippen molar-refractivity contribution in [2.24, 2.45) is 5.73 Å². The van der Waals surface area contributed by atoms with Crippen molar-refractivity contribution in [3.63, 3.8) is 0 Å². The van der Waals surface area contributed by atoms with E-state index >= 15 is 0 Å². The quantitative estimate of drug-likeness (QED) is 0.548. The zero-order chi connectivity index (χ0) is 15.5. The molecule has 20 heavy (non-hydrogen) atoms. The average Bonchev–Trinajstić information content (AvgIpc) is 2.36. The van der Waals surface area contributed by atoms with Crippen LogP contribution in [0.1, 0.15) is 25.2 Å². The first-order chi connectivity index (χ1) is 9.28. The van der Waals surface area contributed by atoms with Crippen molar-refractivity contribution < 1.29 is 18.7 Å². The minimum Gasteiger partial charge on any atom is -0.506 e. The number of hydrogen-bond acceptors (Lipinski definition) is 5. The van der Waals surface area contributed by atoms with Crippen LogP contribution in [0.3, 0.4) is 0 Å². The van der Waals surface area contributed by atoms with Gasteiger partial charge in [-0.2, -0.15) is 0 Å². The second-order valence-corrected chi connectivity index (χ2v) is 8.39. The second kappa shape index (κ2) is 7.72. The first-order valence-electron chi connectivity index (χ1n) is 5.79. The van der Waals surface area contributed by atoms with Gasteiger partial charge in [-0.1, -0.05) is 15.9 Å². The zero-order valence-corrected chi connectivity index (χ0v) is 16.6. The van der Waals surface area contributed by atoms with Gasteiger partial charge in [-0.3, -0.25) is 4.57 Å². The molecule has 114 valence electrons. The molecule has 0 saturated heterocycles. The molecule has 0 radical (unpaired) electrons. The molecule has 0 unspecified atom stereocenters. The Morgan fingerprint density at radius 3 is 2.20 bits per heavy atom. The van der Waals surface area contributed by atoms with Crippen molar-refractivity contribution in [2.75, 3.05) is 13.2 Å². The summed E-state index contributed by atoms with van der Waals surface area (Å²) in [6.07, 6.45) is 0. The summed E-state index contributed by atoms with van der Waals surface area (Å²) in [5.74, 6) is -1.05. The van der Waals surface area contributed by atoms with Crippen LogP contribution in [0, 0.1) is 0 Å². The van der Waals surface area contributed by atoms with Crippen LogP contribution in [-0.2, 0) is 13.6 Å². The Bertz CT molecular complexity index is 531. The summed E-state index contributed by atoms with van der Waals surface area (Å²) in [6, 6.07) is 1.62. The van der Waals surface area contributed by atoms with Crippen molar-refractivity contribution in [2.45, 2.75) is 19.6 Å². The lowest BCUT2D eigenvalue weighted by Gasteiger charge is -2.25. The summed E-state index contributed by atoms with van der Waals surface area (Å²) in [7, 11) is -3.53. The fraction of sp³-hybridized carbons (Fsp3) is 0.455. The molecule has 1 atom stereocenters. The van der Waals surface area contributed by atoms with Crippen molar-refractivity contribution in [1.29, 1.82) is 0 Å². The standard InChI is InChI=1S/C11H15Br3NO4P/c1-3-18-20(17,19-4-2)11(15)8-6(12)5-7(13)10(16)9(8)14/h5,11,16H,3-4,15H2,1-2H3/t11-/m0/s1. The van der Waals surface area contributed by atoms with Crippen LogP contribution in [-0.4, -0.2) is 18.3 Å². The summed E-state index contributed by atoms with van der Waals surface area (Å²) < 4.78 is 24.6. The highest BCUT2D eigenvalue weighted by molar-refractivity contribution is 9.11. The van der Waals surface area contributed by atoms with Gasteiger partial charge in [0.25, 0.3) is 0 Å². The lowest BCUT2D eigenvalue weighted by molar-refractivity contribution is 0.212. The molecule has 9 heteroatoms. The summed E-state index contributed by atoms with van der Waals surface area (Å²) in [4.78, 5) is 0. The molecule has 0 aliphatic rings. The smallest absolute Gasteiger partial charge is 0.351 e. The zero-order valence-electron chi connectivity index (χ0n) is 10.9. The fourth-order valence-electron chi connectivity index (χ4n) is 1.58. The van der Waals surface area contributed by atoms with Crippen molar-refractivity contribution in [1.82, 2.24) is 0 Å².